The van der Waals surface area contributed by atoms with Crippen molar-refractivity contribution in [2.45, 2.75) is 64.9 Å². The molecule has 17 heavy (non-hydrogen) atoms. The molecule has 0 aromatic heterocycles. The van der Waals surface area contributed by atoms with Crippen LogP contribution in [0.2, 0.25) is 6.04 Å². The molecule has 4 heteroatoms. The zero-order valence-corrected chi connectivity index (χ0v) is 12.6. The summed E-state index contributed by atoms with van der Waals surface area (Å²) >= 11 is 0. The molecule has 0 aromatic rings. The second-order valence-electron chi connectivity index (χ2n) is 3.90. The highest BCUT2D eigenvalue weighted by Gasteiger charge is 2.31. The van der Waals surface area contributed by atoms with Crippen LogP contribution in [0, 0.1) is 0 Å². The Morgan fingerprint density at radius 2 is 1.24 bits per heavy atom. The maximum absolute atomic E-state index is 5.66. The number of hydrogen-bond acceptors (Lipinski definition) is 3. The van der Waals surface area contributed by atoms with E-state index in [9.17, 15) is 0 Å². The summed E-state index contributed by atoms with van der Waals surface area (Å²) in [5, 5.41) is 0. The van der Waals surface area contributed by atoms with E-state index in [2.05, 4.69) is 10.2 Å². The molecule has 0 rings (SSSR count). The molecule has 0 saturated carbocycles. The highest BCUT2D eigenvalue weighted by Crippen LogP contribution is 2.23. The first-order chi connectivity index (χ1) is 8.24. The molecule has 0 amide bonds. The van der Waals surface area contributed by atoms with Crippen molar-refractivity contribution < 1.29 is 14.2 Å². The highest BCUT2D eigenvalue weighted by atomic mass is 28.1. The first-order valence-electron chi connectivity index (χ1n) is 6.81. The van der Waals surface area contributed by atoms with Crippen LogP contribution in [-0.2, 0) is 14.2 Å². The van der Waals surface area contributed by atoms with E-state index in [1.807, 2.05) is 20.8 Å². The van der Waals surface area contributed by atoms with Gasteiger partial charge in [0.1, 0.15) is 0 Å². The average Bonchev–Trinajstić information content (AvgIpc) is 2.30. The largest absolute Gasteiger partial charge is 0.328 e. The van der Waals surface area contributed by atoms with Crippen LogP contribution in [0.25, 0.3) is 0 Å². The van der Waals surface area contributed by atoms with Gasteiger partial charge in [0.15, 0.2) is 0 Å². The molecule has 0 spiro atoms. The predicted octanol–water partition coefficient (Wildman–Crippen LogP) is 3.29. The van der Waals surface area contributed by atoms with Crippen molar-refractivity contribution in [3.8, 4) is 0 Å². The zero-order chi connectivity index (χ0) is 13.0. The summed E-state index contributed by atoms with van der Waals surface area (Å²) in [6.07, 6.45) is 5.54. The molecule has 0 unspecified atom stereocenters. The van der Waals surface area contributed by atoms with Gasteiger partial charge in [0.2, 0.25) is 0 Å². The van der Waals surface area contributed by atoms with Crippen LogP contribution in [-0.4, -0.2) is 36.0 Å². The Hall–Kier alpha value is 0.0969. The topological polar surface area (TPSA) is 27.7 Å². The molecule has 0 saturated heterocycles. The van der Waals surface area contributed by atoms with Crippen molar-refractivity contribution in [2.24, 2.45) is 0 Å². The lowest BCUT2D eigenvalue weighted by Gasteiger charge is -2.32. The van der Waals surface area contributed by atoms with E-state index in [0.29, 0.717) is 19.8 Å². The van der Waals surface area contributed by atoms with Crippen molar-refractivity contribution in [1.82, 2.24) is 0 Å². The zero-order valence-electron chi connectivity index (χ0n) is 11.6. The molecular weight excluding hydrogens is 232 g/mol. The van der Waals surface area contributed by atoms with Crippen LogP contribution in [0.3, 0.4) is 0 Å². The number of unbranched alkanes of at least 4 members (excludes halogenated alkanes) is 3. The normalized spacial score (nSPS) is 12.0. The fraction of sp³-hybridized carbons (Fsp3) is 1.00. The Kier molecular flexibility index (Phi) is 11.3. The third-order valence-corrected chi connectivity index (χ3v) is 2.86. The van der Waals surface area contributed by atoms with Gasteiger partial charge in [0.25, 0.3) is 5.97 Å². The van der Waals surface area contributed by atoms with E-state index in [0.717, 1.165) is 18.9 Å². The van der Waals surface area contributed by atoms with E-state index >= 15 is 0 Å². The second-order valence-corrected chi connectivity index (χ2v) is 4.40. The molecule has 0 aromatic carbocycles. The van der Waals surface area contributed by atoms with Crippen LogP contribution in [0.1, 0.15) is 52.9 Å². The van der Waals surface area contributed by atoms with Gasteiger partial charge in [0, 0.05) is 36.5 Å². The summed E-state index contributed by atoms with van der Waals surface area (Å²) < 4.78 is 17.0. The minimum Gasteiger partial charge on any atom is -0.328 e. The number of ether oxygens (including phenoxy) is 3. The molecule has 0 bridgehead atoms. The van der Waals surface area contributed by atoms with Gasteiger partial charge in [-0.05, 0) is 27.2 Å². The third-order valence-electron chi connectivity index (χ3n) is 2.50. The summed E-state index contributed by atoms with van der Waals surface area (Å²) in [6.45, 7) is 7.75. The van der Waals surface area contributed by atoms with E-state index in [4.69, 9.17) is 14.2 Å². The SMILES string of the molecule is CCOC(CCCCCC[Si])(OCC)OCC. The van der Waals surface area contributed by atoms with E-state index in [1.54, 1.807) is 0 Å². The molecule has 101 valence electrons. The smallest absolute Gasteiger partial charge is 0.282 e. The molecule has 3 radical (unpaired) electrons. The van der Waals surface area contributed by atoms with Crippen molar-refractivity contribution >= 4 is 10.2 Å². The Balaban J connectivity index is 4.05. The maximum Gasteiger partial charge on any atom is 0.282 e. The highest BCUT2D eigenvalue weighted by molar-refractivity contribution is 6.08. The van der Waals surface area contributed by atoms with Crippen LogP contribution >= 0.6 is 0 Å². The molecule has 0 heterocycles. The maximum atomic E-state index is 5.66. The number of rotatable bonds is 12. The van der Waals surface area contributed by atoms with E-state index < -0.39 is 5.97 Å². The summed E-state index contributed by atoms with van der Waals surface area (Å²) in [5.41, 5.74) is 0. The first-order valence-corrected chi connectivity index (χ1v) is 7.51. The van der Waals surface area contributed by atoms with Crippen LogP contribution < -0.4 is 0 Å². The van der Waals surface area contributed by atoms with Gasteiger partial charge in [-0.1, -0.05) is 25.3 Å². The Morgan fingerprint density at radius 1 is 0.765 bits per heavy atom. The average molecular weight is 259 g/mol. The van der Waals surface area contributed by atoms with Gasteiger partial charge in [-0.3, -0.25) is 0 Å². The summed E-state index contributed by atoms with van der Waals surface area (Å²) in [6, 6.07) is 1.08. The van der Waals surface area contributed by atoms with Crippen LogP contribution in [0.15, 0.2) is 0 Å². The second kappa shape index (κ2) is 11.2. The Morgan fingerprint density at radius 3 is 1.65 bits per heavy atom. The fourth-order valence-electron chi connectivity index (χ4n) is 1.82. The molecule has 0 aliphatic heterocycles. The standard InChI is InChI=1S/C13H27O3Si/c1-4-14-13(15-5-2,16-6-3)11-9-7-8-10-12-17/h4-12H2,1-3H3. The molecule has 0 N–H and O–H groups in total. The first kappa shape index (κ1) is 17.1. The van der Waals surface area contributed by atoms with E-state index in [1.165, 1.54) is 19.3 Å². The minimum absolute atomic E-state index is 0.612. The third kappa shape index (κ3) is 7.92. The van der Waals surface area contributed by atoms with Gasteiger partial charge in [-0.2, -0.15) is 0 Å². The van der Waals surface area contributed by atoms with Gasteiger partial charge >= 0.3 is 0 Å². The van der Waals surface area contributed by atoms with Gasteiger partial charge in [-0.15, -0.1) is 0 Å². The summed E-state index contributed by atoms with van der Waals surface area (Å²) in [7, 11) is 3.49. The van der Waals surface area contributed by atoms with Gasteiger partial charge in [-0.25, -0.2) is 0 Å². The monoisotopic (exact) mass is 259 g/mol. The Labute approximate surface area is 110 Å². The lowest BCUT2D eigenvalue weighted by Crippen LogP contribution is -2.39. The predicted molar refractivity (Wildman–Crippen MR) is 71.3 cm³/mol. The van der Waals surface area contributed by atoms with Crippen molar-refractivity contribution in [3.05, 3.63) is 0 Å². The molecule has 0 atom stereocenters. The van der Waals surface area contributed by atoms with Crippen molar-refractivity contribution in [3.63, 3.8) is 0 Å². The van der Waals surface area contributed by atoms with E-state index in [-0.39, 0.29) is 0 Å². The molecule has 3 nitrogen and oxygen atoms in total. The summed E-state index contributed by atoms with van der Waals surface area (Å²) in [4.78, 5) is 0. The van der Waals surface area contributed by atoms with Gasteiger partial charge in [0.05, 0.1) is 0 Å². The van der Waals surface area contributed by atoms with Gasteiger partial charge < -0.3 is 14.2 Å². The van der Waals surface area contributed by atoms with Crippen LogP contribution in [0.5, 0.6) is 0 Å². The summed E-state index contributed by atoms with van der Waals surface area (Å²) in [5.74, 6) is -0.813. The Bertz CT molecular complexity index is 148. The van der Waals surface area contributed by atoms with Crippen molar-refractivity contribution in [1.29, 1.82) is 0 Å². The quantitative estimate of drug-likeness (QED) is 0.306. The number of hydrogen-bond donors (Lipinski definition) is 0. The molecular formula is C13H27O3Si. The fourth-order valence-corrected chi connectivity index (χ4v) is 2.07. The molecule has 0 aliphatic carbocycles. The van der Waals surface area contributed by atoms with Crippen LogP contribution in [0.4, 0.5) is 0 Å². The minimum atomic E-state index is -0.813. The molecule has 0 aliphatic rings. The lowest BCUT2D eigenvalue weighted by molar-refractivity contribution is -0.380. The lowest BCUT2D eigenvalue weighted by atomic mass is 10.1. The molecule has 0 fully saturated rings. The van der Waals surface area contributed by atoms with Crippen molar-refractivity contribution in [2.75, 3.05) is 19.8 Å².